The molecule has 0 saturated heterocycles. The Bertz CT molecular complexity index is 981. The van der Waals surface area contributed by atoms with E-state index in [0.29, 0.717) is 4.90 Å². The van der Waals surface area contributed by atoms with E-state index in [1.165, 1.54) is 108 Å². The fourth-order valence-electron chi connectivity index (χ4n) is 7.57. The van der Waals surface area contributed by atoms with Crippen molar-refractivity contribution in [3.05, 3.63) is 29.3 Å². The molecule has 0 aliphatic rings. The summed E-state index contributed by atoms with van der Waals surface area (Å²) in [5.74, 6) is 0. The zero-order chi connectivity index (χ0) is 34.7. The third kappa shape index (κ3) is 17.4. The number of hydrogen-bond acceptors (Lipinski definition) is 3. The molecule has 47 heavy (non-hydrogen) atoms. The minimum atomic E-state index is -3.89. The van der Waals surface area contributed by atoms with E-state index in [9.17, 15) is 8.42 Å². The predicted molar refractivity (Wildman–Crippen MR) is 213 cm³/mol. The molecular formula is C42H81O3PS. The Kier molecular flexibility index (Phi) is 25.0. The Hall–Kier alpha value is -0.440. The van der Waals surface area contributed by atoms with Crippen LogP contribution in [0.3, 0.4) is 0 Å². The number of unbranched alkanes of at least 4 members (excludes halogenated alkanes) is 19. The van der Waals surface area contributed by atoms with Crippen LogP contribution in [0.25, 0.3) is 0 Å². The third-order valence-electron chi connectivity index (χ3n) is 10.9. The van der Waals surface area contributed by atoms with E-state index in [1.807, 2.05) is 12.1 Å². The maximum atomic E-state index is 14.7. The Balaban J connectivity index is 3.24. The van der Waals surface area contributed by atoms with Gasteiger partial charge in [0.25, 0.3) is 0 Å². The second-order valence-electron chi connectivity index (χ2n) is 15.0. The van der Waals surface area contributed by atoms with Gasteiger partial charge in [0.1, 0.15) is 0 Å². The first-order valence-electron chi connectivity index (χ1n) is 20.8. The Labute approximate surface area is 295 Å². The van der Waals surface area contributed by atoms with Crippen molar-refractivity contribution in [1.82, 2.24) is 0 Å². The summed E-state index contributed by atoms with van der Waals surface area (Å²) < 4.78 is 36.3. The second-order valence-corrected chi connectivity index (χ2v) is 22.6. The molecule has 278 valence electrons. The zero-order valence-corrected chi connectivity index (χ0v) is 34.2. The van der Waals surface area contributed by atoms with Crippen molar-refractivity contribution in [2.75, 3.05) is 24.6 Å². The van der Waals surface area contributed by atoms with Crippen molar-refractivity contribution in [3.8, 4) is 0 Å². The zero-order valence-electron chi connectivity index (χ0n) is 32.5. The van der Waals surface area contributed by atoms with Crippen molar-refractivity contribution in [2.45, 2.75) is 213 Å². The van der Waals surface area contributed by atoms with E-state index in [4.69, 9.17) is 3.97 Å². The van der Waals surface area contributed by atoms with Gasteiger partial charge in [-0.3, -0.25) is 0 Å². The van der Waals surface area contributed by atoms with Crippen LogP contribution in [-0.2, 0) is 26.9 Å². The molecule has 0 heterocycles. The first kappa shape index (κ1) is 44.6. The average molecular weight is 697 g/mol. The van der Waals surface area contributed by atoms with Gasteiger partial charge in [0, 0.05) is 0 Å². The summed E-state index contributed by atoms with van der Waals surface area (Å²) in [5.41, 5.74) is 2.33. The van der Waals surface area contributed by atoms with E-state index < -0.39 is 16.9 Å². The fourth-order valence-corrected chi connectivity index (χ4v) is 17.2. The normalized spacial score (nSPS) is 13.2. The molecule has 0 aliphatic carbocycles. The summed E-state index contributed by atoms with van der Waals surface area (Å²) in [6.07, 6.45) is 35.2. The number of aryl methyl sites for hydroxylation is 1. The molecule has 1 rings (SSSR count). The number of hydrogen-bond donors (Lipinski definition) is 0. The van der Waals surface area contributed by atoms with E-state index in [-0.39, 0.29) is 0 Å². The van der Waals surface area contributed by atoms with Crippen molar-refractivity contribution in [3.63, 3.8) is 0 Å². The quantitative estimate of drug-likeness (QED) is 0.0543. The van der Waals surface area contributed by atoms with Gasteiger partial charge in [-0.25, -0.2) is 0 Å². The minimum Gasteiger partial charge on any atom is -0.0654 e. The molecule has 0 aromatic heterocycles. The number of rotatable bonds is 33. The summed E-state index contributed by atoms with van der Waals surface area (Å²) in [4.78, 5) is 0.498. The molecule has 0 spiro atoms. The first-order chi connectivity index (χ1) is 22.8. The van der Waals surface area contributed by atoms with Gasteiger partial charge in [-0.1, -0.05) is 46.0 Å². The van der Waals surface area contributed by atoms with Crippen molar-refractivity contribution < 1.29 is 12.4 Å². The Morgan fingerprint density at radius 1 is 0.489 bits per heavy atom. The monoisotopic (exact) mass is 697 g/mol. The van der Waals surface area contributed by atoms with E-state index in [0.717, 1.165) is 94.4 Å². The van der Waals surface area contributed by atoms with Crippen LogP contribution in [0.15, 0.2) is 23.1 Å². The van der Waals surface area contributed by atoms with Crippen LogP contribution >= 0.6 is 6.83 Å². The van der Waals surface area contributed by atoms with Crippen LogP contribution in [0, 0.1) is 0 Å². The van der Waals surface area contributed by atoms with Gasteiger partial charge in [-0.05, 0) is 0 Å². The fraction of sp³-hybridized carbons (Fsp3) is 0.857. The molecule has 0 radical (unpaired) electrons. The minimum absolute atomic E-state index is 0.498. The average Bonchev–Trinajstić information content (AvgIpc) is 3.07. The van der Waals surface area contributed by atoms with Gasteiger partial charge < -0.3 is 0 Å². The van der Waals surface area contributed by atoms with Crippen LogP contribution < -0.4 is 0 Å². The second kappa shape index (κ2) is 26.4. The molecule has 0 aliphatic heterocycles. The van der Waals surface area contributed by atoms with Crippen LogP contribution in [0.5, 0.6) is 0 Å². The smallest absolute Gasteiger partial charge is 0.0654 e. The van der Waals surface area contributed by atoms with Crippen molar-refractivity contribution in [1.29, 1.82) is 0 Å². The topological polar surface area (TPSA) is 43.4 Å². The van der Waals surface area contributed by atoms with Gasteiger partial charge >= 0.3 is 251 Å². The maximum absolute atomic E-state index is 14.7. The molecule has 5 heteroatoms. The van der Waals surface area contributed by atoms with E-state index in [2.05, 4.69) is 47.6 Å². The van der Waals surface area contributed by atoms with Gasteiger partial charge in [0.15, 0.2) is 0 Å². The predicted octanol–water partition coefficient (Wildman–Crippen LogP) is 14.4. The molecule has 1 aromatic rings. The van der Waals surface area contributed by atoms with Gasteiger partial charge in [0.2, 0.25) is 0 Å². The summed E-state index contributed by atoms with van der Waals surface area (Å²) in [6.45, 7) is 10.5. The van der Waals surface area contributed by atoms with Gasteiger partial charge in [-0.15, -0.1) is 0 Å². The molecule has 0 amide bonds. The molecule has 0 unspecified atom stereocenters. The molecule has 0 saturated carbocycles. The number of benzene rings is 1. The molecule has 0 bridgehead atoms. The Morgan fingerprint density at radius 2 is 0.872 bits per heavy atom. The molecule has 1 aromatic carbocycles. The SMILES string of the molecule is CCCCCCCCCCCc1cccc(S(=O)(=O)OP(CC)(CCCC)(CCCC)CCCC)c1CCCCCCCCCCC. The summed E-state index contributed by atoms with van der Waals surface area (Å²) in [5, 5.41) is 0. The van der Waals surface area contributed by atoms with Crippen LogP contribution in [-0.4, -0.2) is 33.1 Å². The summed E-state index contributed by atoms with van der Waals surface area (Å²) in [7, 11) is -3.89. The summed E-state index contributed by atoms with van der Waals surface area (Å²) in [6, 6.07) is 6.11. The Morgan fingerprint density at radius 3 is 1.28 bits per heavy atom. The standard InChI is InChI=1S/C42H81O3PS/c1-7-13-18-20-22-24-26-28-30-33-40-34-32-36-42(41(40)35-31-29-27-25-23-21-19-14-8-2)47(43,44)45-46(12-6,37-15-9-3,38-16-10-4)39-17-11-5/h32,34,36H,7-31,33,35,37-39H2,1-6H3. The molecular weight excluding hydrogens is 616 g/mol. The van der Waals surface area contributed by atoms with Gasteiger partial charge in [0.05, 0.1) is 0 Å². The first-order valence-corrected chi connectivity index (χ1v) is 25.1. The summed E-state index contributed by atoms with van der Waals surface area (Å²) >= 11 is 0. The third-order valence-corrected chi connectivity index (χ3v) is 20.3. The van der Waals surface area contributed by atoms with Crippen molar-refractivity contribution >= 4 is 16.9 Å². The molecule has 0 atom stereocenters. The van der Waals surface area contributed by atoms with E-state index in [1.54, 1.807) is 0 Å². The van der Waals surface area contributed by atoms with Gasteiger partial charge in [-0.2, -0.15) is 0 Å². The van der Waals surface area contributed by atoms with Crippen LogP contribution in [0.1, 0.15) is 207 Å². The molecule has 3 nitrogen and oxygen atoms in total. The molecule has 0 N–H and O–H groups in total. The van der Waals surface area contributed by atoms with Crippen LogP contribution in [0.2, 0.25) is 0 Å². The van der Waals surface area contributed by atoms with Crippen molar-refractivity contribution in [2.24, 2.45) is 0 Å². The van der Waals surface area contributed by atoms with E-state index >= 15 is 0 Å². The van der Waals surface area contributed by atoms with Crippen LogP contribution in [0.4, 0.5) is 0 Å². The molecule has 0 fully saturated rings.